The first-order chi connectivity index (χ1) is 9.20. The Morgan fingerprint density at radius 2 is 2.15 bits per heavy atom. The number of piperidine rings is 1. The number of rotatable bonds is 4. The predicted molar refractivity (Wildman–Crippen MR) is 82.7 cm³/mol. The van der Waals surface area contributed by atoms with Gasteiger partial charge in [-0.3, -0.25) is 4.79 Å². The van der Waals surface area contributed by atoms with Crippen LogP contribution in [0.3, 0.4) is 0 Å². The van der Waals surface area contributed by atoms with E-state index in [4.69, 9.17) is 16.3 Å². The minimum absolute atomic E-state index is 0. The molecule has 0 unspecified atom stereocenters. The molecule has 1 aromatic carbocycles. The Morgan fingerprint density at radius 3 is 2.75 bits per heavy atom. The van der Waals surface area contributed by atoms with Gasteiger partial charge >= 0.3 is 0 Å². The number of halogens is 2. The molecule has 2 N–H and O–H groups in total. The lowest BCUT2D eigenvalue weighted by Crippen LogP contribution is -2.37. The van der Waals surface area contributed by atoms with Crippen LogP contribution in [0.5, 0.6) is 5.75 Å². The molecule has 1 aromatic rings. The molecular weight excluding hydrogens is 299 g/mol. The Morgan fingerprint density at radius 1 is 1.45 bits per heavy atom. The summed E-state index contributed by atoms with van der Waals surface area (Å²) in [6.07, 6.45) is 1.82. The van der Waals surface area contributed by atoms with Gasteiger partial charge in [0, 0.05) is 12.5 Å². The highest BCUT2D eigenvalue weighted by atomic mass is 35.5. The molecule has 6 heteroatoms. The zero-order valence-corrected chi connectivity index (χ0v) is 13.0. The second kappa shape index (κ2) is 8.35. The van der Waals surface area contributed by atoms with E-state index in [9.17, 15) is 4.79 Å². The Balaban J connectivity index is 0.00000200. The number of carbonyl (C=O) groups excluding carboxylic acids is 1. The van der Waals surface area contributed by atoms with Crippen molar-refractivity contribution in [2.45, 2.75) is 19.4 Å². The molecule has 1 saturated heterocycles. The standard InChI is InChI=1S/C14H19ClN2O2.ClH/c1-19-13-3-2-10(8-12(13)15)9-17-14(18)11-4-6-16-7-5-11;/h2-3,8,11,16H,4-7,9H2,1H3,(H,17,18);1H. The maximum absolute atomic E-state index is 12.0. The summed E-state index contributed by atoms with van der Waals surface area (Å²) in [6.45, 7) is 2.35. The fraction of sp³-hybridized carbons (Fsp3) is 0.500. The number of carbonyl (C=O) groups is 1. The predicted octanol–water partition coefficient (Wildman–Crippen LogP) is 2.39. The van der Waals surface area contributed by atoms with Crippen molar-refractivity contribution in [3.8, 4) is 5.75 Å². The van der Waals surface area contributed by atoms with Gasteiger partial charge in [0.05, 0.1) is 12.1 Å². The number of benzene rings is 1. The van der Waals surface area contributed by atoms with Gasteiger partial charge in [-0.2, -0.15) is 0 Å². The van der Waals surface area contributed by atoms with Crippen molar-refractivity contribution in [1.82, 2.24) is 10.6 Å². The first kappa shape index (κ1) is 17.1. The molecule has 1 aliphatic heterocycles. The summed E-state index contributed by atoms with van der Waals surface area (Å²) in [5, 5.41) is 6.79. The second-order valence-corrected chi connectivity index (χ2v) is 5.12. The van der Waals surface area contributed by atoms with Crippen LogP contribution in [-0.2, 0) is 11.3 Å². The van der Waals surface area contributed by atoms with Crippen molar-refractivity contribution in [2.75, 3.05) is 20.2 Å². The molecule has 4 nitrogen and oxygen atoms in total. The van der Waals surface area contributed by atoms with Crippen LogP contribution in [0, 0.1) is 5.92 Å². The lowest BCUT2D eigenvalue weighted by atomic mass is 9.97. The Labute approximate surface area is 130 Å². The van der Waals surface area contributed by atoms with Crippen molar-refractivity contribution in [3.05, 3.63) is 28.8 Å². The van der Waals surface area contributed by atoms with Gasteiger partial charge in [0.2, 0.25) is 5.91 Å². The summed E-state index contributed by atoms with van der Waals surface area (Å²) in [7, 11) is 1.58. The zero-order chi connectivity index (χ0) is 13.7. The number of nitrogens with one attached hydrogen (secondary N) is 2. The van der Waals surface area contributed by atoms with E-state index in [-0.39, 0.29) is 24.2 Å². The average Bonchev–Trinajstić information content (AvgIpc) is 2.46. The van der Waals surface area contributed by atoms with Gasteiger partial charge in [0.1, 0.15) is 5.75 Å². The van der Waals surface area contributed by atoms with E-state index < -0.39 is 0 Å². The summed E-state index contributed by atoms with van der Waals surface area (Å²) in [5.41, 5.74) is 0.980. The van der Waals surface area contributed by atoms with Crippen LogP contribution in [0.15, 0.2) is 18.2 Å². The van der Waals surface area contributed by atoms with Crippen LogP contribution in [0.25, 0.3) is 0 Å². The van der Waals surface area contributed by atoms with Gasteiger partial charge in [-0.1, -0.05) is 17.7 Å². The molecule has 0 spiro atoms. The maximum atomic E-state index is 12.0. The van der Waals surface area contributed by atoms with E-state index in [1.165, 1.54) is 0 Å². The van der Waals surface area contributed by atoms with E-state index in [1.807, 2.05) is 18.2 Å². The van der Waals surface area contributed by atoms with Crippen molar-refractivity contribution in [1.29, 1.82) is 0 Å². The molecule has 1 fully saturated rings. The molecule has 20 heavy (non-hydrogen) atoms. The SMILES string of the molecule is COc1ccc(CNC(=O)C2CCNCC2)cc1Cl.Cl. The molecule has 0 saturated carbocycles. The Kier molecular flexibility index (Phi) is 7.13. The quantitative estimate of drug-likeness (QED) is 0.896. The molecule has 0 atom stereocenters. The largest absolute Gasteiger partial charge is 0.495 e. The molecule has 1 aliphatic rings. The molecule has 0 radical (unpaired) electrons. The zero-order valence-electron chi connectivity index (χ0n) is 11.4. The third kappa shape index (κ3) is 4.54. The van der Waals surface area contributed by atoms with Crippen molar-refractivity contribution in [3.63, 3.8) is 0 Å². The molecule has 1 amide bonds. The normalized spacial score (nSPS) is 15.3. The molecule has 1 heterocycles. The van der Waals surface area contributed by atoms with Gasteiger partial charge in [-0.25, -0.2) is 0 Å². The highest BCUT2D eigenvalue weighted by Crippen LogP contribution is 2.24. The topological polar surface area (TPSA) is 50.4 Å². The van der Waals surface area contributed by atoms with Crippen LogP contribution in [0.1, 0.15) is 18.4 Å². The van der Waals surface area contributed by atoms with Gasteiger partial charge in [0.25, 0.3) is 0 Å². The summed E-state index contributed by atoms with van der Waals surface area (Å²) in [6, 6.07) is 5.55. The lowest BCUT2D eigenvalue weighted by molar-refractivity contribution is -0.125. The van der Waals surface area contributed by atoms with Crippen molar-refractivity contribution >= 4 is 29.9 Å². The Bertz CT molecular complexity index is 449. The summed E-state index contributed by atoms with van der Waals surface area (Å²) < 4.78 is 5.09. The lowest BCUT2D eigenvalue weighted by Gasteiger charge is -2.21. The molecule has 112 valence electrons. The monoisotopic (exact) mass is 318 g/mol. The van der Waals surface area contributed by atoms with E-state index in [1.54, 1.807) is 7.11 Å². The van der Waals surface area contributed by atoms with E-state index in [0.717, 1.165) is 31.5 Å². The van der Waals surface area contributed by atoms with Gasteiger partial charge in [0.15, 0.2) is 0 Å². The number of hydrogen-bond acceptors (Lipinski definition) is 3. The van der Waals surface area contributed by atoms with Gasteiger partial charge < -0.3 is 15.4 Å². The first-order valence-corrected chi connectivity index (χ1v) is 6.89. The molecule has 0 aromatic heterocycles. The number of amides is 1. The van der Waals surface area contributed by atoms with Crippen LogP contribution < -0.4 is 15.4 Å². The third-order valence-corrected chi connectivity index (χ3v) is 3.69. The highest BCUT2D eigenvalue weighted by Gasteiger charge is 2.20. The van der Waals surface area contributed by atoms with Gasteiger partial charge in [-0.15, -0.1) is 12.4 Å². The van der Waals surface area contributed by atoms with Crippen LogP contribution >= 0.6 is 24.0 Å². The third-order valence-electron chi connectivity index (χ3n) is 3.39. The number of methoxy groups -OCH3 is 1. The summed E-state index contributed by atoms with van der Waals surface area (Å²) in [4.78, 5) is 12.0. The van der Waals surface area contributed by atoms with E-state index >= 15 is 0 Å². The number of hydrogen-bond donors (Lipinski definition) is 2. The Hall–Kier alpha value is -0.970. The van der Waals surface area contributed by atoms with Crippen LogP contribution in [0.2, 0.25) is 5.02 Å². The summed E-state index contributed by atoms with van der Waals surface area (Å²) in [5.74, 6) is 0.915. The molecule has 0 bridgehead atoms. The highest BCUT2D eigenvalue weighted by molar-refractivity contribution is 6.32. The summed E-state index contributed by atoms with van der Waals surface area (Å²) >= 11 is 6.05. The van der Waals surface area contributed by atoms with E-state index in [2.05, 4.69) is 10.6 Å². The molecular formula is C14H20Cl2N2O2. The first-order valence-electron chi connectivity index (χ1n) is 6.51. The van der Waals surface area contributed by atoms with Crippen LogP contribution in [0.4, 0.5) is 0 Å². The second-order valence-electron chi connectivity index (χ2n) is 4.71. The van der Waals surface area contributed by atoms with E-state index in [0.29, 0.717) is 17.3 Å². The average molecular weight is 319 g/mol. The number of ether oxygens (including phenoxy) is 1. The fourth-order valence-electron chi connectivity index (χ4n) is 2.24. The minimum atomic E-state index is 0. The van der Waals surface area contributed by atoms with Crippen molar-refractivity contribution in [2.24, 2.45) is 5.92 Å². The fourth-order valence-corrected chi connectivity index (χ4v) is 2.52. The molecule has 0 aliphatic carbocycles. The maximum Gasteiger partial charge on any atom is 0.223 e. The molecule has 2 rings (SSSR count). The van der Waals surface area contributed by atoms with Gasteiger partial charge in [-0.05, 0) is 43.6 Å². The minimum Gasteiger partial charge on any atom is -0.495 e. The smallest absolute Gasteiger partial charge is 0.223 e. The van der Waals surface area contributed by atoms with Crippen molar-refractivity contribution < 1.29 is 9.53 Å². The van der Waals surface area contributed by atoms with Crippen LogP contribution in [-0.4, -0.2) is 26.1 Å².